The van der Waals surface area contributed by atoms with Crippen LogP contribution in [0.15, 0.2) is 24.3 Å². The molecule has 0 aromatic heterocycles. The van der Waals surface area contributed by atoms with Crippen LogP contribution in [-0.2, 0) is 0 Å². The average Bonchev–Trinajstić information content (AvgIpc) is 2.92. The minimum Gasteiger partial charge on any atom is -0.388 e. The van der Waals surface area contributed by atoms with E-state index >= 15 is 0 Å². The Morgan fingerprint density at radius 1 is 1.48 bits per heavy atom. The molecule has 0 spiro atoms. The normalized spacial score (nSPS) is 21.1. The summed E-state index contributed by atoms with van der Waals surface area (Å²) in [5.41, 5.74) is 0.666. The van der Waals surface area contributed by atoms with Crippen LogP contribution in [0.1, 0.15) is 37.9 Å². The van der Waals surface area contributed by atoms with E-state index in [0.717, 1.165) is 19.6 Å². The highest BCUT2D eigenvalue weighted by molar-refractivity contribution is 5.18. The van der Waals surface area contributed by atoms with Crippen molar-refractivity contribution in [3.05, 3.63) is 35.6 Å². The Bertz CT molecular complexity index is 441. The lowest BCUT2D eigenvalue weighted by atomic mass is 10.1. The number of hydrogen-bond donors (Lipinski definition) is 1. The van der Waals surface area contributed by atoms with E-state index in [2.05, 4.69) is 23.8 Å². The first-order chi connectivity index (χ1) is 10.1. The number of rotatable bonds is 7. The highest BCUT2D eigenvalue weighted by Crippen LogP contribution is 2.20. The third-order valence-electron chi connectivity index (χ3n) is 4.45. The number of halogens is 1. The van der Waals surface area contributed by atoms with Gasteiger partial charge < -0.3 is 10.0 Å². The molecule has 21 heavy (non-hydrogen) atoms. The Morgan fingerprint density at radius 2 is 2.29 bits per heavy atom. The SMILES string of the molecule is CCN1CCCC1CN(C)CCC(O)c1cccc(F)c1. The molecule has 2 rings (SSSR count). The first-order valence-corrected chi connectivity index (χ1v) is 7.96. The first kappa shape index (κ1) is 16.4. The van der Waals surface area contributed by atoms with E-state index in [9.17, 15) is 9.50 Å². The van der Waals surface area contributed by atoms with Crippen LogP contribution in [0.3, 0.4) is 0 Å². The van der Waals surface area contributed by atoms with Gasteiger partial charge in [-0.15, -0.1) is 0 Å². The maximum absolute atomic E-state index is 13.2. The summed E-state index contributed by atoms with van der Waals surface area (Å²) in [5.74, 6) is -0.288. The second-order valence-electron chi connectivity index (χ2n) is 6.05. The number of nitrogens with zero attached hydrogens (tertiary/aromatic N) is 2. The van der Waals surface area contributed by atoms with Crippen LogP contribution in [0.2, 0.25) is 0 Å². The van der Waals surface area contributed by atoms with Crippen molar-refractivity contribution in [2.45, 2.75) is 38.3 Å². The molecule has 1 aromatic rings. The molecule has 1 heterocycles. The summed E-state index contributed by atoms with van der Waals surface area (Å²) in [6.45, 7) is 6.41. The van der Waals surface area contributed by atoms with Gasteiger partial charge in [-0.2, -0.15) is 0 Å². The molecule has 4 heteroatoms. The van der Waals surface area contributed by atoms with Crippen LogP contribution in [0, 0.1) is 5.82 Å². The van der Waals surface area contributed by atoms with Gasteiger partial charge >= 0.3 is 0 Å². The third-order valence-corrected chi connectivity index (χ3v) is 4.45. The molecule has 0 amide bonds. The number of aliphatic hydroxyl groups excluding tert-OH is 1. The zero-order chi connectivity index (χ0) is 15.2. The number of likely N-dealkylation sites (N-methyl/N-ethyl adjacent to an activating group) is 2. The van der Waals surface area contributed by atoms with E-state index in [1.54, 1.807) is 12.1 Å². The summed E-state index contributed by atoms with van der Waals surface area (Å²) in [4.78, 5) is 4.81. The van der Waals surface area contributed by atoms with Crippen LogP contribution in [0.4, 0.5) is 4.39 Å². The number of likely N-dealkylation sites (tertiary alicyclic amines) is 1. The van der Waals surface area contributed by atoms with Crippen molar-refractivity contribution < 1.29 is 9.50 Å². The van der Waals surface area contributed by atoms with E-state index in [1.165, 1.54) is 31.5 Å². The van der Waals surface area contributed by atoms with Crippen molar-refractivity contribution in [3.63, 3.8) is 0 Å². The summed E-state index contributed by atoms with van der Waals surface area (Å²) in [7, 11) is 2.10. The highest BCUT2D eigenvalue weighted by atomic mass is 19.1. The summed E-state index contributed by atoms with van der Waals surface area (Å²) in [5, 5.41) is 10.1. The van der Waals surface area contributed by atoms with Crippen LogP contribution in [0.25, 0.3) is 0 Å². The Labute approximate surface area is 127 Å². The van der Waals surface area contributed by atoms with E-state index in [-0.39, 0.29) is 5.82 Å². The van der Waals surface area contributed by atoms with Crippen molar-refractivity contribution >= 4 is 0 Å². The number of aliphatic hydroxyl groups is 1. The molecule has 1 fully saturated rings. The summed E-state index contributed by atoms with van der Waals surface area (Å²) in [6, 6.07) is 6.90. The number of benzene rings is 1. The molecule has 0 radical (unpaired) electrons. The molecule has 3 nitrogen and oxygen atoms in total. The zero-order valence-electron chi connectivity index (χ0n) is 13.1. The second-order valence-corrected chi connectivity index (χ2v) is 6.05. The Hall–Kier alpha value is -0.970. The monoisotopic (exact) mass is 294 g/mol. The topological polar surface area (TPSA) is 26.7 Å². The molecule has 0 bridgehead atoms. The van der Waals surface area contributed by atoms with Gasteiger partial charge in [0.25, 0.3) is 0 Å². The highest BCUT2D eigenvalue weighted by Gasteiger charge is 2.24. The van der Waals surface area contributed by atoms with Crippen molar-refractivity contribution in [1.29, 1.82) is 0 Å². The van der Waals surface area contributed by atoms with E-state index in [4.69, 9.17) is 0 Å². The van der Waals surface area contributed by atoms with Crippen LogP contribution in [-0.4, -0.2) is 54.2 Å². The Kier molecular flexibility index (Phi) is 6.15. The van der Waals surface area contributed by atoms with Gasteiger partial charge in [0.1, 0.15) is 5.82 Å². The molecule has 1 aliphatic rings. The van der Waals surface area contributed by atoms with Crippen molar-refractivity contribution in [3.8, 4) is 0 Å². The summed E-state index contributed by atoms with van der Waals surface area (Å²) in [6.07, 6.45) is 2.61. The standard InChI is InChI=1S/C17H27FN2O/c1-3-20-10-5-8-16(20)13-19(2)11-9-17(21)14-6-4-7-15(18)12-14/h4,6-7,12,16-17,21H,3,5,8-11,13H2,1-2H3. The molecule has 0 saturated carbocycles. The van der Waals surface area contributed by atoms with Crippen molar-refractivity contribution in [1.82, 2.24) is 9.80 Å². The van der Waals surface area contributed by atoms with Crippen LogP contribution < -0.4 is 0 Å². The lowest BCUT2D eigenvalue weighted by Gasteiger charge is -2.28. The predicted octanol–water partition coefficient (Wildman–Crippen LogP) is 2.67. The van der Waals surface area contributed by atoms with Crippen LogP contribution >= 0.6 is 0 Å². The zero-order valence-corrected chi connectivity index (χ0v) is 13.1. The second kappa shape index (κ2) is 7.87. The Balaban J connectivity index is 1.77. The Morgan fingerprint density at radius 3 is 3.00 bits per heavy atom. The maximum Gasteiger partial charge on any atom is 0.123 e. The molecule has 1 saturated heterocycles. The molecule has 1 N–H and O–H groups in total. The van der Waals surface area contributed by atoms with Gasteiger partial charge in [-0.25, -0.2) is 4.39 Å². The quantitative estimate of drug-likeness (QED) is 0.837. The van der Waals surface area contributed by atoms with Gasteiger partial charge in [-0.1, -0.05) is 19.1 Å². The average molecular weight is 294 g/mol. The fourth-order valence-corrected chi connectivity index (χ4v) is 3.19. The van der Waals surface area contributed by atoms with Crippen LogP contribution in [0.5, 0.6) is 0 Å². The fraction of sp³-hybridized carbons (Fsp3) is 0.647. The lowest BCUT2D eigenvalue weighted by molar-refractivity contribution is 0.137. The van der Waals surface area contributed by atoms with Gasteiger partial charge in [-0.3, -0.25) is 4.90 Å². The third kappa shape index (κ3) is 4.77. The predicted molar refractivity (Wildman–Crippen MR) is 83.7 cm³/mol. The summed E-state index contributed by atoms with van der Waals surface area (Å²) < 4.78 is 13.2. The molecule has 2 unspecified atom stereocenters. The van der Waals surface area contributed by atoms with E-state index in [0.29, 0.717) is 18.0 Å². The maximum atomic E-state index is 13.2. The smallest absolute Gasteiger partial charge is 0.123 e. The minimum absolute atomic E-state index is 0.288. The van der Waals surface area contributed by atoms with Crippen molar-refractivity contribution in [2.75, 3.05) is 33.2 Å². The van der Waals surface area contributed by atoms with Gasteiger partial charge in [-0.05, 0) is 57.1 Å². The molecule has 1 aromatic carbocycles. The number of hydrogen-bond acceptors (Lipinski definition) is 3. The first-order valence-electron chi connectivity index (χ1n) is 7.96. The molecule has 1 aliphatic heterocycles. The molecular formula is C17H27FN2O. The van der Waals surface area contributed by atoms with E-state index < -0.39 is 6.10 Å². The van der Waals surface area contributed by atoms with Crippen molar-refractivity contribution in [2.24, 2.45) is 0 Å². The minimum atomic E-state index is -0.589. The molecule has 0 aliphatic carbocycles. The lowest BCUT2D eigenvalue weighted by Crippen LogP contribution is -2.39. The van der Waals surface area contributed by atoms with Gasteiger partial charge in [0, 0.05) is 19.1 Å². The summed E-state index contributed by atoms with van der Waals surface area (Å²) >= 11 is 0. The molecule has 118 valence electrons. The molecular weight excluding hydrogens is 267 g/mol. The molecule has 2 atom stereocenters. The largest absolute Gasteiger partial charge is 0.388 e. The fourth-order valence-electron chi connectivity index (χ4n) is 3.19. The van der Waals surface area contributed by atoms with Gasteiger partial charge in [0.05, 0.1) is 6.10 Å². The van der Waals surface area contributed by atoms with E-state index in [1.807, 2.05) is 0 Å². The van der Waals surface area contributed by atoms with Gasteiger partial charge in [0.15, 0.2) is 0 Å². The van der Waals surface area contributed by atoms with Gasteiger partial charge in [0.2, 0.25) is 0 Å².